The van der Waals surface area contributed by atoms with Gasteiger partial charge in [-0.05, 0) is 61.2 Å². The standard InChI is InChI=1S/C27H31BrN2O5/c1-34-23-13-8-18(16-24(23)35-2)14-15-29(26(32)19-6-4-3-5-7-19)22-17-25(31)30(27(22)33)21-11-9-20(28)10-12-21/h8-13,16,19,22H,3-7,14-15,17H2,1-2H3. The van der Waals surface area contributed by atoms with Gasteiger partial charge in [0.1, 0.15) is 6.04 Å². The molecule has 0 aromatic heterocycles. The first-order valence-electron chi connectivity index (χ1n) is 12.1. The predicted octanol–water partition coefficient (Wildman–Crippen LogP) is 4.75. The highest BCUT2D eigenvalue weighted by Crippen LogP contribution is 2.32. The van der Waals surface area contributed by atoms with Crippen molar-refractivity contribution >= 4 is 39.3 Å². The van der Waals surface area contributed by atoms with Crippen LogP contribution in [0.2, 0.25) is 0 Å². The Morgan fingerprint density at radius 1 is 1.00 bits per heavy atom. The van der Waals surface area contributed by atoms with Crippen LogP contribution in [0.5, 0.6) is 11.5 Å². The SMILES string of the molecule is COc1ccc(CCN(C(=O)C2CCCCC2)C2CC(=O)N(c3ccc(Br)cc3)C2=O)cc1OC. The fourth-order valence-corrected chi connectivity index (χ4v) is 5.27. The van der Waals surface area contributed by atoms with E-state index in [1.165, 1.54) is 4.90 Å². The smallest absolute Gasteiger partial charge is 0.257 e. The van der Waals surface area contributed by atoms with Crippen molar-refractivity contribution in [1.29, 1.82) is 0 Å². The van der Waals surface area contributed by atoms with Crippen LogP contribution in [0.15, 0.2) is 46.9 Å². The number of hydrogen-bond acceptors (Lipinski definition) is 5. The molecule has 1 atom stereocenters. The summed E-state index contributed by atoms with van der Waals surface area (Å²) in [6.07, 6.45) is 5.36. The van der Waals surface area contributed by atoms with Crippen molar-refractivity contribution in [3.8, 4) is 11.5 Å². The van der Waals surface area contributed by atoms with Crippen molar-refractivity contribution in [1.82, 2.24) is 4.90 Å². The maximum atomic E-state index is 13.7. The van der Waals surface area contributed by atoms with E-state index in [0.29, 0.717) is 30.2 Å². The predicted molar refractivity (Wildman–Crippen MR) is 137 cm³/mol. The van der Waals surface area contributed by atoms with Gasteiger partial charge in [-0.25, -0.2) is 4.90 Å². The lowest BCUT2D eigenvalue weighted by atomic mass is 9.87. The Labute approximate surface area is 214 Å². The molecular weight excluding hydrogens is 512 g/mol. The van der Waals surface area contributed by atoms with Crippen LogP contribution in [0.25, 0.3) is 0 Å². The van der Waals surface area contributed by atoms with Gasteiger partial charge in [-0.1, -0.05) is 41.3 Å². The Kier molecular flexibility index (Phi) is 8.11. The molecule has 8 heteroatoms. The van der Waals surface area contributed by atoms with Gasteiger partial charge in [-0.15, -0.1) is 0 Å². The normalized spacial score (nSPS) is 18.6. The molecule has 1 aliphatic carbocycles. The molecule has 0 bridgehead atoms. The first-order valence-corrected chi connectivity index (χ1v) is 12.9. The zero-order valence-electron chi connectivity index (χ0n) is 20.2. The van der Waals surface area contributed by atoms with Gasteiger partial charge in [0.15, 0.2) is 11.5 Å². The zero-order valence-corrected chi connectivity index (χ0v) is 21.8. The quantitative estimate of drug-likeness (QED) is 0.450. The molecule has 4 rings (SSSR count). The lowest BCUT2D eigenvalue weighted by Gasteiger charge is -2.32. The summed E-state index contributed by atoms with van der Waals surface area (Å²) in [6.45, 7) is 0.350. The first-order chi connectivity index (χ1) is 16.9. The van der Waals surface area contributed by atoms with Gasteiger partial charge in [0, 0.05) is 16.9 Å². The lowest BCUT2D eigenvalue weighted by molar-refractivity contribution is -0.142. The van der Waals surface area contributed by atoms with Gasteiger partial charge >= 0.3 is 0 Å². The highest BCUT2D eigenvalue weighted by Gasteiger charge is 2.45. The summed E-state index contributed by atoms with van der Waals surface area (Å²) in [5.41, 5.74) is 1.49. The number of benzene rings is 2. The fraction of sp³-hybridized carbons (Fsp3) is 0.444. The Bertz CT molecular complexity index is 1080. The van der Waals surface area contributed by atoms with Crippen LogP contribution in [-0.2, 0) is 20.8 Å². The van der Waals surface area contributed by atoms with Crippen LogP contribution in [-0.4, -0.2) is 49.4 Å². The van der Waals surface area contributed by atoms with Gasteiger partial charge in [-0.3, -0.25) is 14.4 Å². The second kappa shape index (κ2) is 11.2. The number of carbonyl (C=O) groups is 3. The number of anilines is 1. The third-order valence-corrected chi connectivity index (χ3v) is 7.44. The molecule has 0 spiro atoms. The molecule has 1 aliphatic heterocycles. The van der Waals surface area contributed by atoms with Gasteiger partial charge in [0.2, 0.25) is 11.8 Å². The number of ether oxygens (including phenoxy) is 2. The number of imide groups is 1. The molecule has 2 fully saturated rings. The number of hydrogen-bond donors (Lipinski definition) is 0. The summed E-state index contributed by atoms with van der Waals surface area (Å²) in [5, 5.41) is 0. The summed E-state index contributed by atoms with van der Waals surface area (Å²) in [4.78, 5) is 43.0. The second-order valence-corrected chi connectivity index (χ2v) is 9.99. The molecule has 3 amide bonds. The Hall–Kier alpha value is -2.87. The summed E-state index contributed by atoms with van der Waals surface area (Å²) in [5.74, 6) is 0.508. The van der Waals surface area contributed by atoms with Crippen molar-refractivity contribution in [2.45, 2.75) is 51.0 Å². The molecule has 0 radical (unpaired) electrons. The number of halogens is 1. The molecule has 0 N–H and O–H groups in total. The van der Waals surface area contributed by atoms with E-state index in [2.05, 4.69) is 15.9 Å². The third kappa shape index (κ3) is 5.53. The Morgan fingerprint density at radius 3 is 2.34 bits per heavy atom. The van der Waals surface area contributed by atoms with Crippen LogP contribution in [0.3, 0.4) is 0 Å². The maximum absolute atomic E-state index is 13.7. The van der Waals surface area contributed by atoms with Gasteiger partial charge in [0.05, 0.1) is 26.3 Å². The fourth-order valence-electron chi connectivity index (χ4n) is 5.01. The molecule has 186 valence electrons. The van der Waals surface area contributed by atoms with Crippen LogP contribution in [0, 0.1) is 5.92 Å². The number of methoxy groups -OCH3 is 2. The number of nitrogens with zero attached hydrogens (tertiary/aromatic N) is 2. The van der Waals surface area contributed by atoms with Crippen LogP contribution in [0.4, 0.5) is 5.69 Å². The summed E-state index contributed by atoms with van der Waals surface area (Å²) in [7, 11) is 3.17. The van der Waals surface area contributed by atoms with Crippen molar-refractivity contribution in [2.75, 3.05) is 25.7 Å². The van der Waals surface area contributed by atoms with E-state index < -0.39 is 6.04 Å². The molecule has 1 saturated carbocycles. The summed E-state index contributed by atoms with van der Waals surface area (Å²) >= 11 is 3.39. The zero-order chi connectivity index (χ0) is 24.9. The molecule has 2 aromatic rings. The average molecular weight is 543 g/mol. The maximum Gasteiger partial charge on any atom is 0.257 e. The van der Waals surface area contributed by atoms with Crippen molar-refractivity contribution in [3.05, 3.63) is 52.5 Å². The third-order valence-electron chi connectivity index (χ3n) is 6.91. The largest absolute Gasteiger partial charge is 0.493 e. The lowest BCUT2D eigenvalue weighted by Crippen LogP contribution is -2.48. The van der Waals surface area contributed by atoms with E-state index in [9.17, 15) is 14.4 Å². The average Bonchev–Trinajstić information content (AvgIpc) is 3.18. The Morgan fingerprint density at radius 2 is 1.69 bits per heavy atom. The second-order valence-electron chi connectivity index (χ2n) is 9.07. The van der Waals surface area contributed by atoms with E-state index in [0.717, 1.165) is 42.1 Å². The summed E-state index contributed by atoms with van der Waals surface area (Å²) in [6, 6.07) is 11.9. The van der Waals surface area contributed by atoms with E-state index >= 15 is 0 Å². The minimum atomic E-state index is -0.791. The van der Waals surface area contributed by atoms with Crippen molar-refractivity contribution < 1.29 is 23.9 Å². The molecule has 7 nitrogen and oxygen atoms in total. The number of rotatable bonds is 8. The van der Waals surface area contributed by atoms with E-state index in [1.807, 2.05) is 18.2 Å². The summed E-state index contributed by atoms with van der Waals surface area (Å²) < 4.78 is 11.6. The minimum Gasteiger partial charge on any atom is -0.493 e. The van der Waals surface area contributed by atoms with Gasteiger partial charge in [0.25, 0.3) is 5.91 Å². The van der Waals surface area contributed by atoms with Crippen LogP contribution in [0.1, 0.15) is 44.1 Å². The molecule has 1 heterocycles. The molecule has 2 aliphatic rings. The highest BCUT2D eigenvalue weighted by molar-refractivity contribution is 9.10. The molecule has 1 saturated heterocycles. The molecule has 2 aromatic carbocycles. The van der Waals surface area contributed by atoms with E-state index in [-0.39, 0.29) is 30.1 Å². The first kappa shape index (κ1) is 25.2. The van der Waals surface area contributed by atoms with Crippen molar-refractivity contribution in [3.63, 3.8) is 0 Å². The molecular formula is C27H31BrN2O5. The molecule has 35 heavy (non-hydrogen) atoms. The number of amides is 3. The Balaban J connectivity index is 1.58. The van der Waals surface area contributed by atoms with Crippen molar-refractivity contribution in [2.24, 2.45) is 5.92 Å². The van der Waals surface area contributed by atoms with E-state index in [1.54, 1.807) is 43.4 Å². The van der Waals surface area contributed by atoms with Gasteiger partial charge in [-0.2, -0.15) is 0 Å². The highest BCUT2D eigenvalue weighted by atomic mass is 79.9. The van der Waals surface area contributed by atoms with Crippen LogP contribution < -0.4 is 14.4 Å². The number of carbonyl (C=O) groups excluding carboxylic acids is 3. The topological polar surface area (TPSA) is 76.2 Å². The van der Waals surface area contributed by atoms with Crippen LogP contribution >= 0.6 is 15.9 Å². The van der Waals surface area contributed by atoms with E-state index in [4.69, 9.17) is 9.47 Å². The van der Waals surface area contributed by atoms with Gasteiger partial charge < -0.3 is 14.4 Å². The minimum absolute atomic E-state index is 0.000703. The molecule has 1 unspecified atom stereocenters. The monoisotopic (exact) mass is 542 g/mol.